The molecule has 56 heavy (non-hydrogen) atoms. The third kappa shape index (κ3) is 12.3. The number of fused-ring (bicyclic) bond motifs is 2. The molecule has 2 aromatic rings. The van der Waals surface area contributed by atoms with Crippen LogP contribution in [0, 0.1) is 0 Å². The maximum Gasteiger partial charge on any atom is 0.263 e. The summed E-state index contributed by atoms with van der Waals surface area (Å²) >= 11 is 10.1. The first-order valence-electron chi connectivity index (χ1n) is 22.6. The lowest BCUT2D eigenvalue weighted by Crippen LogP contribution is -2.40. The Morgan fingerprint density at radius 2 is 0.607 bits per heavy atom. The van der Waals surface area contributed by atoms with Gasteiger partial charge in [0.25, 0.3) is 23.6 Å². The van der Waals surface area contributed by atoms with E-state index >= 15 is 0 Å². The van der Waals surface area contributed by atoms with Gasteiger partial charge in [0.2, 0.25) is 0 Å². The zero-order chi connectivity index (χ0) is 40.5. The normalized spacial score (nSPS) is 14.1. The van der Waals surface area contributed by atoms with E-state index in [2.05, 4.69) is 59.6 Å². The van der Waals surface area contributed by atoms with Crippen LogP contribution in [0.1, 0.15) is 249 Å². The number of hydrogen-bond donors (Lipinski definition) is 0. The average molecular weight is 939 g/mol. The van der Waals surface area contributed by atoms with Gasteiger partial charge in [-0.3, -0.25) is 29.0 Å². The molecule has 4 amide bonds. The third-order valence-electron chi connectivity index (χ3n) is 12.0. The molecule has 2 aliphatic rings. The Balaban J connectivity index is 1.58. The molecular weight excluding hydrogens is 868 g/mol. The Morgan fingerprint density at radius 3 is 0.875 bits per heavy atom. The molecule has 0 spiro atoms. The standard InChI is InChI=1S/C46H70Br2N2O4S2/c1-5-9-13-17-21-25-29-33(30-26-22-18-14-10-6-2)49-43(51)35-37(45(49)53)41(47)55-39(35)40-36-38(42(48)56-40)46(54)50(44(36)52)34(31-27-23-19-15-11-7-3)32-28-24-20-16-12-8-4/h33-34H,5-32H2,1-4H3. The average Bonchev–Trinajstić information content (AvgIpc) is 3.87. The number of halogens is 2. The van der Waals surface area contributed by atoms with Crippen LogP contribution in [0.3, 0.4) is 0 Å². The van der Waals surface area contributed by atoms with Gasteiger partial charge in [0.05, 0.1) is 39.6 Å². The molecule has 4 heterocycles. The number of amides is 4. The second kappa shape index (κ2) is 25.3. The molecule has 2 aromatic heterocycles. The predicted octanol–water partition coefficient (Wildman–Crippen LogP) is 15.9. The molecule has 4 rings (SSSR count). The molecule has 0 atom stereocenters. The van der Waals surface area contributed by atoms with Gasteiger partial charge in [0, 0.05) is 12.1 Å². The quantitative estimate of drug-likeness (QED) is 0.0557. The van der Waals surface area contributed by atoms with Crippen LogP contribution in [0.15, 0.2) is 7.57 Å². The molecule has 6 nitrogen and oxygen atoms in total. The summed E-state index contributed by atoms with van der Waals surface area (Å²) in [6.07, 6.45) is 31.2. The van der Waals surface area contributed by atoms with E-state index in [0.29, 0.717) is 39.6 Å². The van der Waals surface area contributed by atoms with E-state index in [1.54, 1.807) is 9.80 Å². The second-order valence-corrected chi connectivity index (χ2v) is 21.1. The van der Waals surface area contributed by atoms with E-state index in [4.69, 9.17) is 0 Å². The van der Waals surface area contributed by atoms with Crippen LogP contribution < -0.4 is 0 Å². The summed E-state index contributed by atoms with van der Waals surface area (Å²) in [4.78, 5) is 62.1. The Bertz CT molecular complexity index is 1420. The van der Waals surface area contributed by atoms with E-state index in [0.717, 1.165) is 77.0 Å². The lowest BCUT2D eigenvalue weighted by Gasteiger charge is -2.27. The maximum absolute atomic E-state index is 14.6. The number of carbonyl (C=O) groups is 4. The molecule has 0 unspecified atom stereocenters. The number of imide groups is 2. The lowest BCUT2D eigenvalue weighted by atomic mass is 9.98. The van der Waals surface area contributed by atoms with E-state index in [-0.39, 0.29) is 35.7 Å². The Morgan fingerprint density at radius 1 is 0.375 bits per heavy atom. The molecule has 0 aromatic carbocycles. The fraction of sp³-hybridized carbons (Fsp3) is 0.739. The van der Waals surface area contributed by atoms with Gasteiger partial charge in [-0.2, -0.15) is 0 Å². The Kier molecular flexibility index (Phi) is 21.4. The van der Waals surface area contributed by atoms with Crippen LogP contribution in [-0.4, -0.2) is 45.5 Å². The topological polar surface area (TPSA) is 74.8 Å². The highest BCUT2D eigenvalue weighted by Crippen LogP contribution is 2.52. The van der Waals surface area contributed by atoms with Gasteiger partial charge in [-0.25, -0.2) is 0 Å². The minimum absolute atomic E-state index is 0.145. The molecule has 0 bridgehead atoms. The second-order valence-electron chi connectivity index (χ2n) is 16.4. The van der Waals surface area contributed by atoms with Crippen molar-refractivity contribution in [2.24, 2.45) is 0 Å². The molecule has 0 aliphatic carbocycles. The van der Waals surface area contributed by atoms with Gasteiger partial charge in [0.1, 0.15) is 0 Å². The van der Waals surface area contributed by atoms with Crippen LogP contribution in [-0.2, 0) is 0 Å². The van der Waals surface area contributed by atoms with Crippen LogP contribution in [0.25, 0.3) is 9.75 Å². The fourth-order valence-corrected chi connectivity index (χ4v) is 12.6. The number of hydrogen-bond acceptors (Lipinski definition) is 6. The summed E-state index contributed by atoms with van der Waals surface area (Å²) < 4.78 is 1.24. The van der Waals surface area contributed by atoms with Crippen LogP contribution in [0.4, 0.5) is 0 Å². The minimum Gasteiger partial charge on any atom is -0.271 e. The minimum atomic E-state index is -0.250. The summed E-state index contributed by atoms with van der Waals surface area (Å²) in [7, 11) is 0. The van der Waals surface area contributed by atoms with Crippen molar-refractivity contribution < 1.29 is 19.2 Å². The van der Waals surface area contributed by atoms with Gasteiger partial charge >= 0.3 is 0 Å². The van der Waals surface area contributed by atoms with Crippen LogP contribution in [0.2, 0.25) is 0 Å². The van der Waals surface area contributed by atoms with Crippen LogP contribution in [0.5, 0.6) is 0 Å². The molecule has 0 N–H and O–H groups in total. The van der Waals surface area contributed by atoms with Gasteiger partial charge in [-0.15, -0.1) is 22.7 Å². The summed E-state index contributed by atoms with van der Waals surface area (Å²) in [5.74, 6) is -0.953. The SMILES string of the molecule is CCCCCCCCC(CCCCCCCC)N1C(=O)c2c(Br)sc(-c3sc(Br)c4c3C(=O)N(C(CCCCCCCC)CCCCCCCC)C4=O)c2C1=O. The van der Waals surface area contributed by atoms with Gasteiger partial charge < -0.3 is 0 Å². The third-order valence-corrected chi connectivity index (χ3v) is 15.8. The molecule has 314 valence electrons. The molecule has 10 heteroatoms. The number of thiophene rings is 2. The van der Waals surface area contributed by atoms with Crippen molar-refractivity contribution in [3.05, 3.63) is 29.8 Å². The summed E-state index contributed by atoms with van der Waals surface area (Å²) in [6, 6.07) is -0.289. The van der Waals surface area contributed by atoms with Crippen molar-refractivity contribution in [2.75, 3.05) is 0 Å². The number of unbranched alkanes of at least 4 members (excludes halogenated alkanes) is 20. The maximum atomic E-state index is 14.6. The summed E-state index contributed by atoms with van der Waals surface area (Å²) in [6.45, 7) is 8.91. The largest absolute Gasteiger partial charge is 0.271 e. The highest BCUT2D eigenvalue weighted by Gasteiger charge is 2.48. The van der Waals surface area contributed by atoms with E-state index in [9.17, 15) is 19.2 Å². The lowest BCUT2D eigenvalue weighted by molar-refractivity contribution is 0.0546. The van der Waals surface area contributed by atoms with E-state index < -0.39 is 0 Å². The van der Waals surface area contributed by atoms with Gasteiger partial charge in [-0.05, 0) is 57.5 Å². The van der Waals surface area contributed by atoms with Gasteiger partial charge in [-0.1, -0.05) is 182 Å². The Hall–Kier alpha value is -1.36. The number of rotatable bonds is 31. The highest BCUT2D eigenvalue weighted by atomic mass is 79.9. The van der Waals surface area contributed by atoms with Gasteiger partial charge in [0.15, 0.2) is 0 Å². The van der Waals surface area contributed by atoms with Crippen molar-refractivity contribution in [3.63, 3.8) is 0 Å². The number of nitrogens with zero attached hydrogens (tertiary/aromatic N) is 2. The van der Waals surface area contributed by atoms with Crippen LogP contribution >= 0.6 is 54.5 Å². The molecule has 0 radical (unpaired) electrons. The highest BCUT2D eigenvalue weighted by molar-refractivity contribution is 9.11. The monoisotopic (exact) mass is 936 g/mol. The Labute approximate surface area is 364 Å². The zero-order valence-electron chi connectivity index (χ0n) is 35.1. The molecule has 0 saturated carbocycles. The van der Waals surface area contributed by atoms with Crippen molar-refractivity contribution in [1.82, 2.24) is 9.80 Å². The van der Waals surface area contributed by atoms with Crippen molar-refractivity contribution in [1.29, 1.82) is 0 Å². The fourth-order valence-electron chi connectivity index (χ4n) is 8.69. The van der Waals surface area contributed by atoms with Crippen molar-refractivity contribution in [3.8, 4) is 9.75 Å². The zero-order valence-corrected chi connectivity index (χ0v) is 39.9. The predicted molar refractivity (Wildman–Crippen MR) is 244 cm³/mol. The first kappa shape index (κ1) is 47.3. The summed E-state index contributed by atoms with van der Waals surface area (Å²) in [5.41, 5.74) is 1.63. The van der Waals surface area contributed by atoms with Crippen molar-refractivity contribution in [2.45, 2.75) is 220 Å². The molecular formula is C46H70Br2N2O4S2. The smallest absolute Gasteiger partial charge is 0.263 e. The first-order chi connectivity index (χ1) is 27.2. The summed E-state index contributed by atoms with van der Waals surface area (Å²) in [5, 5.41) is 0. The molecule has 2 aliphatic heterocycles. The molecule has 0 saturated heterocycles. The van der Waals surface area contributed by atoms with E-state index in [1.165, 1.54) is 125 Å². The first-order valence-corrected chi connectivity index (χ1v) is 25.9. The van der Waals surface area contributed by atoms with E-state index in [1.807, 2.05) is 0 Å². The number of carbonyl (C=O) groups excluding carboxylic acids is 4. The van der Waals surface area contributed by atoms with Crippen molar-refractivity contribution >= 4 is 78.2 Å². The molecule has 0 fully saturated rings.